The highest BCUT2D eigenvalue weighted by Crippen LogP contribution is 2.17. The molecule has 0 aromatic heterocycles. The Morgan fingerprint density at radius 2 is 2.27 bits per heavy atom. The van der Waals surface area contributed by atoms with E-state index in [1.54, 1.807) is 0 Å². The summed E-state index contributed by atoms with van der Waals surface area (Å²) < 4.78 is 5.57. The maximum absolute atomic E-state index is 5.85. The van der Waals surface area contributed by atoms with Gasteiger partial charge in [-0.2, -0.15) is 0 Å². The number of hydrogen-bond acceptors (Lipinski definition) is 2. The topological polar surface area (TPSA) is 21.3 Å². The van der Waals surface area contributed by atoms with E-state index in [9.17, 15) is 0 Å². The number of ether oxygens (including phenoxy) is 1. The van der Waals surface area contributed by atoms with Gasteiger partial charge in [-0.15, -0.1) is 11.6 Å². The van der Waals surface area contributed by atoms with Gasteiger partial charge in [-0.25, -0.2) is 0 Å². The second-order valence-corrected chi connectivity index (χ2v) is 5.52. The predicted molar refractivity (Wildman–Crippen MR) is 65.6 cm³/mol. The molecule has 15 heavy (non-hydrogen) atoms. The number of rotatable bonds is 7. The van der Waals surface area contributed by atoms with Gasteiger partial charge in [0.2, 0.25) is 0 Å². The van der Waals surface area contributed by atoms with Crippen LogP contribution in [0.15, 0.2) is 0 Å². The van der Waals surface area contributed by atoms with Crippen molar-refractivity contribution in [3.05, 3.63) is 0 Å². The monoisotopic (exact) mass is 233 g/mol. The summed E-state index contributed by atoms with van der Waals surface area (Å²) in [5.41, 5.74) is 0.214. The van der Waals surface area contributed by atoms with Crippen molar-refractivity contribution in [2.24, 2.45) is 5.41 Å². The lowest BCUT2D eigenvalue weighted by atomic mass is 9.96. The summed E-state index contributed by atoms with van der Waals surface area (Å²) in [7, 11) is 0. The molecule has 0 saturated carbocycles. The molecule has 1 heterocycles. The average Bonchev–Trinajstić information content (AvgIpc) is 2.70. The fourth-order valence-corrected chi connectivity index (χ4v) is 1.90. The van der Waals surface area contributed by atoms with Gasteiger partial charge in [0.15, 0.2) is 0 Å². The Bertz CT molecular complexity index is 167. The van der Waals surface area contributed by atoms with E-state index in [1.165, 1.54) is 25.7 Å². The molecule has 1 rings (SSSR count). The summed E-state index contributed by atoms with van der Waals surface area (Å²) in [6.07, 6.45) is 5.45. The average molecular weight is 234 g/mol. The number of nitrogens with one attached hydrogen (secondary N) is 1. The summed E-state index contributed by atoms with van der Waals surface area (Å²) in [5.74, 6) is 0.714. The molecule has 2 nitrogen and oxygen atoms in total. The molecule has 0 aliphatic carbocycles. The van der Waals surface area contributed by atoms with E-state index >= 15 is 0 Å². The lowest BCUT2D eigenvalue weighted by Gasteiger charge is -2.21. The largest absolute Gasteiger partial charge is 0.378 e. The third kappa shape index (κ3) is 5.74. The first kappa shape index (κ1) is 13.3. The van der Waals surface area contributed by atoms with E-state index in [-0.39, 0.29) is 5.41 Å². The Morgan fingerprint density at radius 1 is 1.47 bits per heavy atom. The number of alkyl halides is 1. The van der Waals surface area contributed by atoms with E-state index in [2.05, 4.69) is 19.2 Å². The van der Waals surface area contributed by atoms with E-state index in [0.29, 0.717) is 12.0 Å². The molecule has 1 N–H and O–H groups in total. The van der Waals surface area contributed by atoms with Crippen molar-refractivity contribution in [1.82, 2.24) is 5.32 Å². The van der Waals surface area contributed by atoms with E-state index in [0.717, 1.165) is 19.7 Å². The van der Waals surface area contributed by atoms with Gasteiger partial charge in [0.25, 0.3) is 0 Å². The first-order chi connectivity index (χ1) is 7.14. The summed E-state index contributed by atoms with van der Waals surface area (Å²) >= 11 is 5.85. The van der Waals surface area contributed by atoms with Crippen LogP contribution in [0.1, 0.15) is 39.5 Å². The predicted octanol–water partition coefficient (Wildman–Crippen LogP) is 2.80. The molecule has 1 aliphatic heterocycles. The van der Waals surface area contributed by atoms with Crippen molar-refractivity contribution in [3.8, 4) is 0 Å². The van der Waals surface area contributed by atoms with Crippen LogP contribution in [0.5, 0.6) is 0 Å². The highest BCUT2D eigenvalue weighted by molar-refractivity contribution is 6.18. The maximum Gasteiger partial charge on any atom is 0.0576 e. The Kier molecular flexibility index (Phi) is 5.95. The lowest BCUT2D eigenvalue weighted by molar-refractivity contribution is 0.102. The van der Waals surface area contributed by atoms with Crippen LogP contribution in [0.3, 0.4) is 0 Å². The molecule has 1 aliphatic rings. The summed E-state index contributed by atoms with van der Waals surface area (Å²) in [6.45, 7) is 7.43. The van der Waals surface area contributed by atoms with Crippen LogP contribution in [-0.2, 0) is 4.74 Å². The molecule has 1 unspecified atom stereocenters. The molecular formula is C12H24ClNO. The molecule has 0 spiro atoms. The van der Waals surface area contributed by atoms with Crippen molar-refractivity contribution in [2.75, 3.05) is 25.6 Å². The second-order valence-electron chi connectivity index (χ2n) is 5.25. The minimum absolute atomic E-state index is 0.214. The Morgan fingerprint density at radius 3 is 2.87 bits per heavy atom. The summed E-state index contributed by atoms with van der Waals surface area (Å²) in [5, 5.41) is 3.46. The first-order valence-corrected chi connectivity index (χ1v) is 6.56. The SMILES string of the molecule is CC(C)(CCl)CNCCCC1CCCO1. The molecule has 0 aromatic carbocycles. The van der Waals surface area contributed by atoms with Crippen molar-refractivity contribution in [2.45, 2.75) is 45.6 Å². The van der Waals surface area contributed by atoms with Crippen LogP contribution in [-0.4, -0.2) is 31.7 Å². The van der Waals surface area contributed by atoms with Gasteiger partial charge in [-0.05, 0) is 37.6 Å². The van der Waals surface area contributed by atoms with Gasteiger partial charge in [0.05, 0.1) is 6.10 Å². The zero-order valence-electron chi connectivity index (χ0n) is 10.0. The second kappa shape index (κ2) is 6.72. The van der Waals surface area contributed by atoms with Crippen LogP contribution >= 0.6 is 11.6 Å². The van der Waals surface area contributed by atoms with E-state index < -0.39 is 0 Å². The molecule has 0 aromatic rings. The van der Waals surface area contributed by atoms with Gasteiger partial charge >= 0.3 is 0 Å². The molecule has 0 bridgehead atoms. The lowest BCUT2D eigenvalue weighted by Crippen LogP contribution is -2.31. The van der Waals surface area contributed by atoms with E-state index in [1.807, 2.05) is 0 Å². The van der Waals surface area contributed by atoms with Crippen LogP contribution in [0.25, 0.3) is 0 Å². The quantitative estimate of drug-likeness (QED) is 0.540. The molecule has 90 valence electrons. The van der Waals surface area contributed by atoms with Gasteiger partial charge in [0, 0.05) is 19.0 Å². The van der Waals surface area contributed by atoms with Gasteiger partial charge in [-0.3, -0.25) is 0 Å². The number of hydrogen-bond donors (Lipinski definition) is 1. The minimum Gasteiger partial charge on any atom is -0.378 e. The molecular weight excluding hydrogens is 210 g/mol. The van der Waals surface area contributed by atoms with Crippen molar-refractivity contribution < 1.29 is 4.74 Å². The zero-order valence-corrected chi connectivity index (χ0v) is 10.8. The standard InChI is InChI=1S/C12H24ClNO/c1-12(2,9-13)10-14-7-3-5-11-6-4-8-15-11/h11,14H,3-10H2,1-2H3. The highest BCUT2D eigenvalue weighted by atomic mass is 35.5. The summed E-state index contributed by atoms with van der Waals surface area (Å²) in [6, 6.07) is 0. The third-order valence-corrected chi connectivity index (χ3v) is 3.59. The Hall–Kier alpha value is 0.210. The Labute approximate surface area is 98.7 Å². The molecule has 0 amide bonds. The molecule has 3 heteroatoms. The Balaban J connectivity index is 1.92. The van der Waals surface area contributed by atoms with E-state index in [4.69, 9.17) is 16.3 Å². The smallest absolute Gasteiger partial charge is 0.0576 e. The first-order valence-electron chi connectivity index (χ1n) is 6.02. The van der Waals surface area contributed by atoms with Gasteiger partial charge < -0.3 is 10.1 Å². The molecule has 1 fully saturated rings. The van der Waals surface area contributed by atoms with Crippen LogP contribution < -0.4 is 5.32 Å². The molecule has 0 radical (unpaired) electrons. The fraction of sp³-hybridized carbons (Fsp3) is 1.00. The van der Waals surface area contributed by atoms with Crippen LogP contribution in [0, 0.1) is 5.41 Å². The van der Waals surface area contributed by atoms with Gasteiger partial charge in [0.1, 0.15) is 0 Å². The normalized spacial score (nSPS) is 22.2. The van der Waals surface area contributed by atoms with Crippen molar-refractivity contribution >= 4 is 11.6 Å². The third-order valence-electron chi connectivity index (χ3n) is 2.87. The zero-order chi connectivity index (χ0) is 11.1. The molecule has 1 atom stereocenters. The highest BCUT2D eigenvalue weighted by Gasteiger charge is 2.16. The maximum atomic E-state index is 5.85. The van der Waals surface area contributed by atoms with Gasteiger partial charge in [-0.1, -0.05) is 13.8 Å². The minimum atomic E-state index is 0.214. The van der Waals surface area contributed by atoms with Crippen molar-refractivity contribution in [1.29, 1.82) is 0 Å². The number of halogens is 1. The van der Waals surface area contributed by atoms with Crippen LogP contribution in [0.2, 0.25) is 0 Å². The van der Waals surface area contributed by atoms with Crippen molar-refractivity contribution in [3.63, 3.8) is 0 Å². The summed E-state index contributed by atoms with van der Waals surface area (Å²) in [4.78, 5) is 0. The molecule has 1 saturated heterocycles. The van der Waals surface area contributed by atoms with Crippen LogP contribution in [0.4, 0.5) is 0 Å². The fourth-order valence-electron chi connectivity index (χ4n) is 1.80.